The van der Waals surface area contributed by atoms with Crippen LogP contribution in [0.2, 0.25) is 0 Å². The summed E-state index contributed by atoms with van der Waals surface area (Å²) < 4.78 is 2.56. The van der Waals surface area contributed by atoms with Crippen LogP contribution in [0.15, 0.2) is 59.6 Å². The molecule has 0 aliphatic heterocycles. The Bertz CT molecular complexity index is 1050. The maximum Gasteiger partial charge on any atom is 0.326 e. The highest BCUT2D eigenvalue weighted by Gasteiger charge is 2.43. The van der Waals surface area contributed by atoms with Crippen molar-refractivity contribution < 1.29 is 14.7 Å². The Hall–Kier alpha value is -2.73. The number of hydrogen-bond acceptors (Lipinski definition) is 3. The Morgan fingerprint density at radius 1 is 1.15 bits per heavy atom. The average molecular weight is 366 g/mol. The number of fused-ring (bicyclic) bond motifs is 1. The quantitative estimate of drug-likeness (QED) is 0.767. The van der Waals surface area contributed by atoms with Gasteiger partial charge in [-0.2, -0.15) is 4.99 Å². The number of aliphatic carboxylic acids is 1. The predicted octanol–water partition coefficient (Wildman–Crippen LogP) is 3.58. The topological polar surface area (TPSA) is 71.7 Å². The number of rotatable bonds is 4. The fraction of sp³-hybridized carbons (Fsp3) is 0.250. The molecular weight excluding hydrogens is 348 g/mol. The molecule has 0 spiro atoms. The largest absolute Gasteiger partial charge is 0.480 e. The van der Waals surface area contributed by atoms with Gasteiger partial charge in [0.1, 0.15) is 6.04 Å². The van der Waals surface area contributed by atoms with Crippen molar-refractivity contribution in [3.8, 4) is 0 Å². The van der Waals surface area contributed by atoms with Crippen LogP contribution < -0.4 is 4.80 Å². The molecule has 1 aliphatic carbocycles. The molecule has 1 heterocycles. The molecule has 1 saturated carbocycles. The zero-order chi connectivity index (χ0) is 18.3. The standard InChI is InChI=1S/C20H18N2O3S/c1-12(19(24)25)22-16-9-5-6-10-17(16)26-20(22)21-18(23)15-11-14(15)13-7-3-2-4-8-13/h2-10,12,14-15H,11H2,1H3,(H,24,25). The van der Waals surface area contributed by atoms with Gasteiger partial charge < -0.3 is 9.67 Å². The second-order valence-corrected chi connectivity index (χ2v) is 7.56. The smallest absolute Gasteiger partial charge is 0.326 e. The normalized spacial score (nSPS) is 20.9. The number of carboxylic acid groups (broad SMARTS) is 1. The fourth-order valence-electron chi connectivity index (χ4n) is 3.27. The maximum absolute atomic E-state index is 12.7. The summed E-state index contributed by atoms with van der Waals surface area (Å²) in [6, 6.07) is 16.7. The van der Waals surface area contributed by atoms with E-state index in [9.17, 15) is 14.7 Å². The van der Waals surface area contributed by atoms with Crippen molar-refractivity contribution in [3.63, 3.8) is 0 Å². The van der Waals surface area contributed by atoms with Gasteiger partial charge >= 0.3 is 5.97 Å². The second-order valence-electron chi connectivity index (χ2n) is 6.55. The summed E-state index contributed by atoms with van der Waals surface area (Å²) in [7, 11) is 0. The summed E-state index contributed by atoms with van der Waals surface area (Å²) in [6.07, 6.45) is 0.797. The summed E-state index contributed by atoms with van der Waals surface area (Å²) in [5.41, 5.74) is 1.94. The molecule has 3 atom stereocenters. The summed E-state index contributed by atoms with van der Waals surface area (Å²) in [4.78, 5) is 28.9. The van der Waals surface area contributed by atoms with E-state index in [-0.39, 0.29) is 17.7 Å². The lowest BCUT2D eigenvalue weighted by Crippen LogP contribution is -2.25. The highest BCUT2D eigenvalue weighted by Crippen LogP contribution is 2.48. The third-order valence-electron chi connectivity index (χ3n) is 4.82. The molecule has 0 saturated heterocycles. The SMILES string of the molecule is CC(C(=O)O)n1c(=NC(=O)C2CC2c2ccccc2)sc2ccccc21. The molecule has 132 valence electrons. The number of thiazole rings is 1. The Morgan fingerprint density at radius 2 is 1.85 bits per heavy atom. The molecule has 0 bridgehead atoms. The van der Waals surface area contributed by atoms with Crippen LogP contribution in [0.5, 0.6) is 0 Å². The number of carboxylic acids is 1. The number of nitrogens with zero attached hydrogens (tertiary/aromatic N) is 2. The molecule has 1 fully saturated rings. The lowest BCUT2D eigenvalue weighted by atomic mass is 10.1. The van der Waals surface area contributed by atoms with Gasteiger partial charge in [0.25, 0.3) is 5.91 Å². The molecule has 5 nitrogen and oxygen atoms in total. The van der Waals surface area contributed by atoms with Crippen LogP contribution >= 0.6 is 11.3 Å². The zero-order valence-corrected chi connectivity index (χ0v) is 15.0. The molecule has 26 heavy (non-hydrogen) atoms. The summed E-state index contributed by atoms with van der Waals surface area (Å²) >= 11 is 1.35. The van der Waals surface area contributed by atoms with Crippen molar-refractivity contribution in [2.75, 3.05) is 0 Å². The van der Waals surface area contributed by atoms with E-state index < -0.39 is 12.0 Å². The molecule has 6 heteroatoms. The molecule has 4 rings (SSSR count). The van der Waals surface area contributed by atoms with Crippen molar-refractivity contribution in [1.29, 1.82) is 0 Å². The third-order valence-corrected chi connectivity index (χ3v) is 5.85. The molecule has 3 aromatic rings. The van der Waals surface area contributed by atoms with Crippen LogP contribution in [0, 0.1) is 5.92 Å². The van der Waals surface area contributed by atoms with Crippen LogP contribution in [0.4, 0.5) is 0 Å². The van der Waals surface area contributed by atoms with Crippen LogP contribution in [0.3, 0.4) is 0 Å². The summed E-state index contributed by atoms with van der Waals surface area (Å²) in [5.74, 6) is -1.02. The van der Waals surface area contributed by atoms with Crippen molar-refractivity contribution in [1.82, 2.24) is 4.57 Å². The fourth-order valence-corrected chi connectivity index (χ4v) is 4.37. The van der Waals surface area contributed by atoms with Gasteiger partial charge in [-0.3, -0.25) is 4.79 Å². The van der Waals surface area contributed by atoms with E-state index in [1.165, 1.54) is 11.3 Å². The Balaban J connectivity index is 1.71. The van der Waals surface area contributed by atoms with E-state index in [1.807, 2.05) is 54.6 Å². The first-order valence-corrected chi connectivity index (χ1v) is 9.34. The van der Waals surface area contributed by atoms with E-state index in [2.05, 4.69) is 4.99 Å². The molecule has 1 N–H and O–H groups in total. The van der Waals surface area contributed by atoms with Crippen LogP contribution in [0.25, 0.3) is 10.2 Å². The van der Waals surface area contributed by atoms with Gasteiger partial charge in [0.15, 0.2) is 4.80 Å². The molecule has 3 unspecified atom stereocenters. The second kappa shape index (κ2) is 6.53. The molecule has 2 aromatic carbocycles. The zero-order valence-electron chi connectivity index (χ0n) is 14.2. The monoisotopic (exact) mass is 366 g/mol. The van der Waals surface area contributed by atoms with E-state index in [0.717, 1.165) is 22.2 Å². The van der Waals surface area contributed by atoms with Crippen molar-refractivity contribution >= 4 is 33.4 Å². The first-order valence-electron chi connectivity index (χ1n) is 8.52. The number of hydrogen-bond donors (Lipinski definition) is 1. The first kappa shape index (κ1) is 16.7. The van der Waals surface area contributed by atoms with Gasteiger partial charge in [-0.15, -0.1) is 0 Å². The highest BCUT2D eigenvalue weighted by atomic mass is 32.1. The van der Waals surface area contributed by atoms with Gasteiger partial charge in [0.2, 0.25) is 0 Å². The number of aromatic nitrogens is 1. The number of carbonyl (C=O) groups is 2. The molecule has 1 aromatic heterocycles. The van der Waals surface area contributed by atoms with E-state index in [1.54, 1.807) is 11.5 Å². The minimum absolute atomic E-state index is 0.115. The highest BCUT2D eigenvalue weighted by molar-refractivity contribution is 7.16. The van der Waals surface area contributed by atoms with Gasteiger partial charge in [-0.25, -0.2) is 4.79 Å². The minimum Gasteiger partial charge on any atom is -0.480 e. The van der Waals surface area contributed by atoms with Gasteiger partial charge in [0.05, 0.1) is 10.2 Å². The minimum atomic E-state index is -0.948. The summed E-state index contributed by atoms with van der Waals surface area (Å²) in [6.45, 7) is 1.61. The lowest BCUT2D eigenvalue weighted by Gasteiger charge is -2.09. The summed E-state index contributed by atoms with van der Waals surface area (Å²) in [5, 5.41) is 9.44. The molecule has 1 amide bonds. The Labute approximate surface area is 154 Å². The lowest BCUT2D eigenvalue weighted by molar-refractivity contribution is -0.140. The maximum atomic E-state index is 12.7. The van der Waals surface area contributed by atoms with Crippen LogP contribution in [-0.2, 0) is 9.59 Å². The van der Waals surface area contributed by atoms with E-state index in [0.29, 0.717) is 4.80 Å². The van der Waals surface area contributed by atoms with Crippen LogP contribution in [0.1, 0.15) is 30.9 Å². The number of carbonyl (C=O) groups excluding carboxylic acids is 1. The molecule has 0 radical (unpaired) electrons. The van der Waals surface area contributed by atoms with Crippen LogP contribution in [-0.4, -0.2) is 21.6 Å². The Morgan fingerprint density at radius 3 is 2.58 bits per heavy atom. The number of amides is 1. The molecule has 1 aliphatic rings. The van der Waals surface area contributed by atoms with Crippen molar-refractivity contribution in [3.05, 3.63) is 65.0 Å². The number of benzene rings is 2. The van der Waals surface area contributed by atoms with Crippen molar-refractivity contribution in [2.24, 2.45) is 10.9 Å². The average Bonchev–Trinajstić information content (AvgIpc) is 3.37. The van der Waals surface area contributed by atoms with Crippen molar-refractivity contribution in [2.45, 2.75) is 25.3 Å². The third kappa shape index (κ3) is 2.97. The van der Waals surface area contributed by atoms with Gasteiger partial charge in [-0.1, -0.05) is 53.8 Å². The van der Waals surface area contributed by atoms with E-state index >= 15 is 0 Å². The molecular formula is C20H18N2O3S. The Kier molecular flexibility index (Phi) is 4.20. The predicted molar refractivity (Wildman–Crippen MR) is 100 cm³/mol. The van der Waals surface area contributed by atoms with Gasteiger partial charge in [-0.05, 0) is 37.0 Å². The first-order chi connectivity index (χ1) is 12.6. The van der Waals surface area contributed by atoms with Gasteiger partial charge in [0, 0.05) is 5.92 Å². The number of para-hydroxylation sites is 1. The van der Waals surface area contributed by atoms with E-state index in [4.69, 9.17) is 0 Å².